The van der Waals surface area contributed by atoms with Crippen molar-refractivity contribution >= 4 is 23.6 Å². The van der Waals surface area contributed by atoms with Crippen LogP contribution in [0.4, 0.5) is 0 Å². The number of carbonyl (C=O) groups is 2. The van der Waals surface area contributed by atoms with Crippen molar-refractivity contribution in [2.24, 2.45) is 0 Å². The van der Waals surface area contributed by atoms with Crippen LogP contribution in [0, 0.1) is 0 Å². The second-order valence-corrected chi connectivity index (χ2v) is 7.45. The fraction of sp³-hybridized carbons (Fsp3) is 0.389. The molecule has 1 aromatic heterocycles. The number of carbonyl (C=O) groups excluding carboxylic acids is 2. The quantitative estimate of drug-likeness (QED) is 0.765. The van der Waals surface area contributed by atoms with Crippen molar-refractivity contribution < 1.29 is 14.7 Å². The topological polar surface area (TPSA) is 87.5 Å². The highest BCUT2D eigenvalue weighted by atomic mass is 32.2. The molecule has 7 nitrogen and oxygen atoms in total. The van der Waals surface area contributed by atoms with E-state index in [0.29, 0.717) is 18.8 Å². The summed E-state index contributed by atoms with van der Waals surface area (Å²) in [4.78, 5) is 27.9. The molecular weight excluding hydrogens is 352 g/mol. The summed E-state index contributed by atoms with van der Waals surface area (Å²) in [5.41, 5.74) is 2.99. The van der Waals surface area contributed by atoms with Gasteiger partial charge in [0.05, 0.1) is 12.6 Å². The molecule has 2 N–H and O–H groups in total. The highest BCUT2D eigenvalue weighted by molar-refractivity contribution is 7.98. The van der Waals surface area contributed by atoms with Gasteiger partial charge in [-0.3, -0.25) is 14.3 Å². The van der Waals surface area contributed by atoms with Crippen molar-refractivity contribution in [3.63, 3.8) is 0 Å². The summed E-state index contributed by atoms with van der Waals surface area (Å²) < 4.78 is 1.42. The van der Waals surface area contributed by atoms with Crippen molar-refractivity contribution in [1.82, 2.24) is 20.0 Å². The van der Waals surface area contributed by atoms with Crippen LogP contribution in [-0.2, 0) is 19.5 Å². The number of aliphatic hydroxyl groups excluding tert-OH is 1. The number of hydrogen-bond acceptors (Lipinski definition) is 5. The lowest BCUT2D eigenvalue weighted by molar-refractivity contribution is 0.0726. The first-order valence-corrected chi connectivity index (χ1v) is 9.77. The summed E-state index contributed by atoms with van der Waals surface area (Å²) in [6, 6.07) is 7.85. The van der Waals surface area contributed by atoms with Gasteiger partial charge in [0.2, 0.25) is 0 Å². The Morgan fingerprint density at radius 2 is 2.19 bits per heavy atom. The van der Waals surface area contributed by atoms with E-state index >= 15 is 0 Å². The fourth-order valence-electron chi connectivity index (χ4n) is 3.40. The molecule has 3 heterocycles. The molecule has 2 amide bonds. The molecule has 0 spiro atoms. The smallest absolute Gasteiger partial charge is 0.274 e. The van der Waals surface area contributed by atoms with Crippen LogP contribution in [-0.4, -0.2) is 57.1 Å². The number of rotatable bonds is 2. The summed E-state index contributed by atoms with van der Waals surface area (Å²) in [6.45, 7) is 1.55. The van der Waals surface area contributed by atoms with E-state index in [-0.39, 0.29) is 30.6 Å². The Morgan fingerprint density at radius 1 is 1.35 bits per heavy atom. The van der Waals surface area contributed by atoms with E-state index in [0.717, 1.165) is 12.0 Å². The molecule has 8 heteroatoms. The lowest BCUT2D eigenvalue weighted by Crippen LogP contribution is -2.36. The van der Waals surface area contributed by atoms with E-state index in [1.807, 2.05) is 0 Å². The van der Waals surface area contributed by atoms with Gasteiger partial charge in [0, 0.05) is 30.6 Å². The van der Waals surface area contributed by atoms with Gasteiger partial charge in [0.15, 0.2) is 5.69 Å². The molecule has 1 atom stereocenters. The zero-order valence-electron chi connectivity index (χ0n) is 14.4. The summed E-state index contributed by atoms with van der Waals surface area (Å²) in [5, 5.41) is 16.7. The number of nitrogens with one attached hydrogen (secondary N) is 1. The minimum Gasteiger partial charge on any atom is -0.389 e. The third kappa shape index (κ3) is 3.10. The molecule has 1 aromatic carbocycles. The minimum absolute atomic E-state index is 0.187. The summed E-state index contributed by atoms with van der Waals surface area (Å²) in [5.74, 6) is -0.505. The average Bonchev–Trinajstić information content (AvgIpc) is 3.02. The Labute approximate surface area is 155 Å². The van der Waals surface area contributed by atoms with E-state index in [1.165, 1.54) is 21.2 Å². The van der Waals surface area contributed by atoms with Crippen LogP contribution < -0.4 is 5.32 Å². The van der Waals surface area contributed by atoms with Crippen LogP contribution in [0.1, 0.15) is 32.1 Å². The molecule has 0 saturated heterocycles. The Bertz CT molecular complexity index is 879. The van der Waals surface area contributed by atoms with Crippen molar-refractivity contribution in [3.8, 4) is 0 Å². The van der Waals surface area contributed by atoms with Crippen LogP contribution in [0.2, 0.25) is 0 Å². The fourth-order valence-corrected chi connectivity index (χ4v) is 3.86. The van der Waals surface area contributed by atoms with Gasteiger partial charge < -0.3 is 15.3 Å². The monoisotopic (exact) mass is 372 g/mol. The minimum atomic E-state index is -0.712. The Hall–Kier alpha value is -2.32. The van der Waals surface area contributed by atoms with Crippen molar-refractivity contribution in [3.05, 3.63) is 46.8 Å². The van der Waals surface area contributed by atoms with Crippen molar-refractivity contribution in [2.45, 2.75) is 30.5 Å². The van der Waals surface area contributed by atoms with E-state index in [9.17, 15) is 14.7 Å². The summed E-state index contributed by atoms with van der Waals surface area (Å²) in [6.07, 6.45) is 2.15. The van der Waals surface area contributed by atoms with Gasteiger partial charge in [0.25, 0.3) is 11.8 Å². The lowest BCUT2D eigenvalue weighted by Gasteiger charge is -2.28. The maximum atomic E-state index is 12.9. The second kappa shape index (κ2) is 6.77. The highest BCUT2D eigenvalue weighted by Gasteiger charge is 2.28. The average molecular weight is 372 g/mol. The SMILES string of the molecule is CSc1ccc2c(c1)CCN(C(=O)c1cc3n(n1)CC(O)CNC3=O)C2. The normalized spacial score (nSPS) is 19.4. The molecule has 1 unspecified atom stereocenters. The number of amides is 2. The third-order valence-corrected chi connectivity index (χ3v) is 5.55. The molecular formula is C18H20N4O3S. The standard InChI is InChI=1S/C18H20N4O3S/c1-26-14-3-2-12-9-21(5-4-11(12)6-14)18(25)15-7-16-17(24)19-8-13(23)10-22(16)20-15/h2-3,6-7,13,23H,4-5,8-10H2,1H3,(H,19,24). The predicted molar refractivity (Wildman–Crippen MR) is 97.2 cm³/mol. The molecule has 0 radical (unpaired) electrons. The van der Waals surface area contributed by atoms with Gasteiger partial charge in [-0.1, -0.05) is 6.07 Å². The maximum Gasteiger partial charge on any atom is 0.274 e. The van der Waals surface area contributed by atoms with Gasteiger partial charge in [-0.2, -0.15) is 5.10 Å². The van der Waals surface area contributed by atoms with E-state index < -0.39 is 6.10 Å². The van der Waals surface area contributed by atoms with Gasteiger partial charge in [-0.15, -0.1) is 11.8 Å². The third-order valence-electron chi connectivity index (χ3n) is 4.83. The molecule has 0 bridgehead atoms. The molecule has 2 aliphatic heterocycles. The highest BCUT2D eigenvalue weighted by Crippen LogP contribution is 2.25. The Balaban J connectivity index is 1.56. The molecule has 0 aliphatic carbocycles. The Kier molecular flexibility index (Phi) is 4.46. The van der Waals surface area contributed by atoms with Gasteiger partial charge in [-0.25, -0.2) is 0 Å². The van der Waals surface area contributed by atoms with Crippen molar-refractivity contribution in [2.75, 3.05) is 19.3 Å². The van der Waals surface area contributed by atoms with Gasteiger partial charge in [-0.05, 0) is 35.9 Å². The molecule has 2 aliphatic rings. The number of fused-ring (bicyclic) bond motifs is 2. The number of thioether (sulfide) groups is 1. The first-order chi connectivity index (χ1) is 12.5. The zero-order chi connectivity index (χ0) is 18.3. The first kappa shape index (κ1) is 17.1. The van der Waals surface area contributed by atoms with Crippen LogP contribution in [0.25, 0.3) is 0 Å². The largest absolute Gasteiger partial charge is 0.389 e. The molecule has 26 heavy (non-hydrogen) atoms. The molecule has 2 aromatic rings. The predicted octanol–water partition coefficient (Wildman–Crippen LogP) is 0.908. The van der Waals surface area contributed by atoms with Crippen LogP contribution in [0.5, 0.6) is 0 Å². The maximum absolute atomic E-state index is 12.9. The number of hydrogen-bond donors (Lipinski definition) is 2. The van der Waals surface area contributed by atoms with E-state index in [4.69, 9.17) is 0 Å². The molecule has 4 rings (SSSR count). The molecule has 136 valence electrons. The number of β-amino-alcohol motifs (C(OH)–C–C–N with tert-alkyl or cyclic N) is 1. The second-order valence-electron chi connectivity index (χ2n) is 6.57. The van der Waals surface area contributed by atoms with Gasteiger partial charge in [0.1, 0.15) is 5.69 Å². The molecule has 0 saturated carbocycles. The van der Waals surface area contributed by atoms with Crippen LogP contribution in [0.3, 0.4) is 0 Å². The number of aromatic nitrogens is 2. The molecule has 0 fully saturated rings. The lowest BCUT2D eigenvalue weighted by atomic mass is 9.99. The summed E-state index contributed by atoms with van der Waals surface area (Å²) in [7, 11) is 0. The number of benzene rings is 1. The zero-order valence-corrected chi connectivity index (χ0v) is 15.3. The van der Waals surface area contributed by atoms with Gasteiger partial charge >= 0.3 is 0 Å². The summed E-state index contributed by atoms with van der Waals surface area (Å²) >= 11 is 1.71. The van der Waals surface area contributed by atoms with Crippen molar-refractivity contribution in [1.29, 1.82) is 0 Å². The first-order valence-electron chi connectivity index (χ1n) is 8.54. The number of nitrogens with zero attached hydrogens (tertiary/aromatic N) is 3. The Morgan fingerprint density at radius 3 is 3.00 bits per heavy atom. The number of aliphatic hydroxyl groups is 1. The van der Waals surface area contributed by atoms with E-state index in [1.54, 1.807) is 16.7 Å². The van der Waals surface area contributed by atoms with Crippen LogP contribution >= 0.6 is 11.8 Å². The van der Waals surface area contributed by atoms with Crippen LogP contribution in [0.15, 0.2) is 29.2 Å². The van der Waals surface area contributed by atoms with E-state index in [2.05, 4.69) is 34.9 Å².